The smallest absolute Gasteiger partial charge is 0.657 e. The third-order valence-corrected chi connectivity index (χ3v) is 8.86. The molecule has 2 aliphatic rings. The van der Waals surface area contributed by atoms with E-state index in [4.69, 9.17) is 19.9 Å². The first-order chi connectivity index (χ1) is 23.8. The van der Waals surface area contributed by atoms with Gasteiger partial charge >= 0.3 is 16.8 Å². The van der Waals surface area contributed by atoms with Crippen LogP contribution >= 0.6 is 0 Å². The quantitative estimate of drug-likeness (QED) is 0.187. The van der Waals surface area contributed by atoms with Gasteiger partial charge < -0.3 is 9.97 Å². The Morgan fingerprint density at radius 1 is 0.286 bits per heavy atom. The summed E-state index contributed by atoms with van der Waals surface area (Å²) in [6, 6.07) is 50.0. The molecule has 3 aromatic heterocycles. The molecule has 49 heavy (non-hydrogen) atoms. The first-order valence-corrected chi connectivity index (χ1v) is 16.1. The van der Waals surface area contributed by atoms with Crippen LogP contribution in [-0.2, 0) is 16.8 Å². The summed E-state index contributed by atoms with van der Waals surface area (Å²) in [7, 11) is 0. The van der Waals surface area contributed by atoms with Crippen molar-refractivity contribution >= 4 is 46.4 Å². The molecule has 0 spiro atoms. The summed E-state index contributed by atoms with van der Waals surface area (Å²) in [5, 5.41) is 0. The summed E-state index contributed by atoms with van der Waals surface area (Å²) in [6.45, 7) is 0. The van der Waals surface area contributed by atoms with E-state index in [-0.39, 0.29) is 16.8 Å². The largest absolute Gasteiger partial charge is 2.00 e. The predicted molar refractivity (Wildman–Crippen MR) is 199 cm³/mol. The Balaban J connectivity index is 0.00000348. The van der Waals surface area contributed by atoms with Crippen molar-refractivity contribution in [3.63, 3.8) is 0 Å². The number of fused-ring (bicyclic) bond motifs is 8. The SMILES string of the molecule is C1=Cc2nc1c(-c1ccccc1)c1ccc([n-]1)c(-c1ccccc1)c1nc(c(-c3ccccc3)c3ccc([n-]3)c2-c2ccccc2)C=C1.[Co+2]. The summed E-state index contributed by atoms with van der Waals surface area (Å²) in [5.74, 6) is 0. The summed E-state index contributed by atoms with van der Waals surface area (Å²) < 4.78 is 0. The second kappa shape index (κ2) is 12.9. The average molecular weight is 672 g/mol. The van der Waals surface area contributed by atoms with Crippen LogP contribution in [0.3, 0.4) is 0 Å². The van der Waals surface area contributed by atoms with Gasteiger partial charge in [0.15, 0.2) is 0 Å². The van der Waals surface area contributed by atoms with Gasteiger partial charge in [-0.05, 0) is 68.8 Å². The molecule has 0 saturated heterocycles. The maximum atomic E-state index is 5.31. The Hall–Kier alpha value is -6.01. The van der Waals surface area contributed by atoms with Crippen molar-refractivity contribution in [3.8, 4) is 44.5 Å². The Labute approximate surface area is 294 Å². The van der Waals surface area contributed by atoms with Gasteiger partial charge in [0.2, 0.25) is 0 Å². The number of hydrogen-bond acceptors (Lipinski definition) is 2. The fraction of sp³-hybridized carbons (Fsp3) is 0. The number of rotatable bonds is 4. The molecule has 2 aliphatic heterocycles. The zero-order valence-electron chi connectivity index (χ0n) is 26.3. The van der Waals surface area contributed by atoms with Crippen LogP contribution in [0.1, 0.15) is 22.8 Å². The number of aromatic nitrogens is 4. The molecule has 0 unspecified atom stereocenters. The van der Waals surface area contributed by atoms with Crippen molar-refractivity contribution in [2.75, 3.05) is 0 Å². The topological polar surface area (TPSA) is 54.0 Å². The standard InChI is InChI=1S/C44H28N4.Co/c1-5-13-29(14-6-1)41-33-21-23-35(45-33)42(30-15-7-2-8-16-30)37-25-27-39(47-37)44(32-19-11-4-12-20-32)40-28-26-38(48-40)43(31-17-9-3-10-18-31)36-24-22-34(41)46-36;/h1-28H;/q-2;+2. The summed E-state index contributed by atoms with van der Waals surface area (Å²) in [5.41, 5.74) is 15.0. The van der Waals surface area contributed by atoms with E-state index in [2.05, 4.69) is 146 Å². The van der Waals surface area contributed by atoms with E-state index in [1.165, 1.54) is 0 Å². The van der Waals surface area contributed by atoms with E-state index in [1.54, 1.807) is 0 Å². The van der Waals surface area contributed by atoms with Crippen LogP contribution in [0.15, 0.2) is 146 Å². The average Bonchev–Trinajstić information content (AvgIpc) is 3.98. The molecule has 0 amide bonds. The molecule has 0 N–H and O–H groups in total. The molecule has 1 radical (unpaired) electrons. The molecule has 9 rings (SSSR count). The van der Waals surface area contributed by atoms with Gasteiger partial charge in [0.25, 0.3) is 0 Å². The molecule has 233 valence electrons. The van der Waals surface area contributed by atoms with Crippen molar-refractivity contribution in [3.05, 3.63) is 168 Å². The molecule has 7 aromatic rings. The second-order valence-corrected chi connectivity index (χ2v) is 11.8. The molecule has 0 atom stereocenters. The molecular formula is C44H28CoN4. The normalized spacial score (nSPS) is 11.8. The predicted octanol–water partition coefficient (Wildman–Crippen LogP) is 10.6. The Morgan fingerprint density at radius 3 is 0.735 bits per heavy atom. The van der Waals surface area contributed by atoms with Crippen molar-refractivity contribution in [1.29, 1.82) is 0 Å². The van der Waals surface area contributed by atoms with Gasteiger partial charge in [0.1, 0.15) is 0 Å². The second-order valence-electron chi connectivity index (χ2n) is 11.8. The van der Waals surface area contributed by atoms with Gasteiger partial charge in [-0.1, -0.05) is 146 Å². The molecule has 4 nitrogen and oxygen atoms in total. The van der Waals surface area contributed by atoms with Crippen molar-refractivity contribution in [2.45, 2.75) is 0 Å². The summed E-state index contributed by atoms with van der Waals surface area (Å²) >= 11 is 0. The zero-order chi connectivity index (χ0) is 31.9. The van der Waals surface area contributed by atoms with Crippen molar-refractivity contribution in [2.24, 2.45) is 0 Å². The van der Waals surface area contributed by atoms with Gasteiger partial charge in [-0.15, -0.1) is 22.1 Å². The number of hydrogen-bond donors (Lipinski definition) is 0. The van der Waals surface area contributed by atoms with Gasteiger partial charge in [0, 0.05) is 0 Å². The molecular weight excluding hydrogens is 643 g/mol. The Bertz CT molecular complexity index is 2180. The fourth-order valence-electron chi connectivity index (χ4n) is 6.69. The van der Waals surface area contributed by atoms with Crippen LogP contribution in [-0.4, -0.2) is 9.97 Å². The van der Waals surface area contributed by atoms with Crippen LogP contribution < -0.4 is 9.97 Å². The maximum absolute atomic E-state index is 5.31. The maximum Gasteiger partial charge on any atom is 2.00 e. The van der Waals surface area contributed by atoms with E-state index >= 15 is 0 Å². The van der Waals surface area contributed by atoms with Crippen LogP contribution in [0, 0.1) is 0 Å². The molecule has 5 heteroatoms. The van der Waals surface area contributed by atoms with Crippen LogP contribution in [0.4, 0.5) is 0 Å². The Kier molecular flexibility index (Phi) is 7.98. The third kappa shape index (κ3) is 5.55. The van der Waals surface area contributed by atoms with Crippen LogP contribution in [0.25, 0.3) is 90.9 Å². The minimum atomic E-state index is 0. The summed E-state index contributed by atoms with van der Waals surface area (Å²) in [6.07, 6.45) is 8.41. The minimum absolute atomic E-state index is 0. The number of nitrogens with zero attached hydrogens (tertiary/aromatic N) is 4. The molecule has 0 fully saturated rings. The van der Waals surface area contributed by atoms with Gasteiger partial charge in [-0.3, -0.25) is 0 Å². The zero-order valence-corrected chi connectivity index (χ0v) is 27.3. The molecule has 4 aromatic carbocycles. The van der Waals surface area contributed by atoms with Gasteiger partial charge in [0.05, 0.1) is 22.8 Å². The van der Waals surface area contributed by atoms with E-state index in [0.717, 1.165) is 89.4 Å². The monoisotopic (exact) mass is 671 g/mol. The van der Waals surface area contributed by atoms with E-state index in [9.17, 15) is 0 Å². The molecule has 5 heterocycles. The first kappa shape index (κ1) is 30.3. The van der Waals surface area contributed by atoms with E-state index < -0.39 is 0 Å². The first-order valence-electron chi connectivity index (χ1n) is 16.1. The molecule has 8 bridgehead atoms. The summed E-state index contributed by atoms with van der Waals surface area (Å²) in [4.78, 5) is 21.2. The van der Waals surface area contributed by atoms with Crippen molar-refractivity contribution in [1.82, 2.24) is 19.9 Å². The Morgan fingerprint density at radius 2 is 0.510 bits per heavy atom. The number of benzene rings is 4. The third-order valence-electron chi connectivity index (χ3n) is 8.86. The van der Waals surface area contributed by atoms with E-state index in [0.29, 0.717) is 0 Å². The fourth-order valence-corrected chi connectivity index (χ4v) is 6.69. The molecule has 0 aliphatic carbocycles. The van der Waals surface area contributed by atoms with E-state index in [1.807, 2.05) is 24.3 Å². The van der Waals surface area contributed by atoms with Gasteiger partial charge in [-0.25, -0.2) is 9.97 Å². The van der Waals surface area contributed by atoms with Crippen LogP contribution in [0.2, 0.25) is 0 Å². The molecule has 0 saturated carbocycles. The van der Waals surface area contributed by atoms with Gasteiger partial charge in [-0.2, -0.15) is 0 Å². The van der Waals surface area contributed by atoms with Crippen LogP contribution in [0.5, 0.6) is 0 Å². The minimum Gasteiger partial charge on any atom is -0.657 e. The van der Waals surface area contributed by atoms with Crippen molar-refractivity contribution < 1.29 is 16.8 Å².